The molecule has 0 amide bonds. The second kappa shape index (κ2) is 10.7. The number of nitrogens with zero attached hydrogens (tertiary/aromatic N) is 1. The van der Waals surface area contributed by atoms with Crippen molar-refractivity contribution in [2.24, 2.45) is 0 Å². The highest BCUT2D eigenvalue weighted by atomic mass is 16.5. The Morgan fingerprint density at radius 1 is 1.05 bits per heavy atom. The Bertz CT molecular complexity index is 342. The Labute approximate surface area is 124 Å². The monoisotopic (exact) mass is 278 g/mol. The first-order valence-corrected chi connectivity index (χ1v) is 8.07. The summed E-state index contributed by atoms with van der Waals surface area (Å²) in [6.07, 6.45) is 8.45. The molecule has 0 radical (unpaired) electrons. The van der Waals surface area contributed by atoms with E-state index in [1.165, 1.54) is 31.2 Å². The third kappa shape index (κ3) is 6.90. The van der Waals surface area contributed by atoms with Gasteiger partial charge >= 0.3 is 0 Å². The molecule has 1 aromatic heterocycles. The van der Waals surface area contributed by atoms with Crippen LogP contribution >= 0.6 is 0 Å². The van der Waals surface area contributed by atoms with E-state index in [2.05, 4.69) is 36.3 Å². The van der Waals surface area contributed by atoms with Gasteiger partial charge in [-0.2, -0.15) is 0 Å². The lowest BCUT2D eigenvalue weighted by molar-refractivity contribution is 0.292. The van der Waals surface area contributed by atoms with Gasteiger partial charge in [0, 0.05) is 18.3 Å². The van der Waals surface area contributed by atoms with Crippen LogP contribution < -0.4 is 10.1 Å². The molecule has 0 aliphatic heterocycles. The van der Waals surface area contributed by atoms with Crippen molar-refractivity contribution in [1.29, 1.82) is 0 Å². The number of hydrogen-bond acceptors (Lipinski definition) is 3. The van der Waals surface area contributed by atoms with E-state index in [1.807, 2.05) is 7.05 Å². The predicted octanol–water partition coefficient (Wildman–Crippen LogP) is 4.10. The number of pyridine rings is 1. The molecule has 0 aliphatic carbocycles. The molecular weight excluding hydrogens is 248 g/mol. The van der Waals surface area contributed by atoms with Crippen molar-refractivity contribution in [2.45, 2.75) is 65.3 Å². The summed E-state index contributed by atoms with van der Waals surface area (Å²) in [6.45, 7) is 6.07. The third-order valence-electron chi connectivity index (χ3n) is 3.30. The summed E-state index contributed by atoms with van der Waals surface area (Å²) in [5, 5.41) is 3.19. The Kier molecular flexibility index (Phi) is 9.05. The second-order valence-electron chi connectivity index (χ2n) is 5.35. The van der Waals surface area contributed by atoms with E-state index < -0.39 is 0 Å². The van der Waals surface area contributed by atoms with Crippen LogP contribution in [0.3, 0.4) is 0 Å². The standard InChI is InChI=1S/C17H30N2O/c1-4-6-7-8-9-11-20-17-13-15(14-18-3)12-16(19-17)10-5-2/h12-13,18H,4-11,14H2,1-3H3. The van der Waals surface area contributed by atoms with Crippen LogP contribution in [0.1, 0.15) is 63.6 Å². The van der Waals surface area contributed by atoms with Crippen molar-refractivity contribution in [1.82, 2.24) is 10.3 Å². The molecule has 1 aromatic rings. The summed E-state index contributed by atoms with van der Waals surface area (Å²) in [6, 6.07) is 4.23. The zero-order valence-corrected chi connectivity index (χ0v) is 13.4. The van der Waals surface area contributed by atoms with Gasteiger partial charge in [-0.15, -0.1) is 0 Å². The Balaban J connectivity index is 2.46. The summed E-state index contributed by atoms with van der Waals surface area (Å²) in [7, 11) is 1.97. The van der Waals surface area contributed by atoms with Crippen LogP contribution in [0.15, 0.2) is 12.1 Å². The smallest absolute Gasteiger partial charge is 0.213 e. The minimum Gasteiger partial charge on any atom is -0.478 e. The maximum atomic E-state index is 5.82. The fourth-order valence-corrected chi connectivity index (χ4v) is 2.27. The van der Waals surface area contributed by atoms with Crippen molar-refractivity contribution in [3.63, 3.8) is 0 Å². The maximum absolute atomic E-state index is 5.82. The van der Waals surface area contributed by atoms with Crippen molar-refractivity contribution in [3.8, 4) is 5.88 Å². The van der Waals surface area contributed by atoms with Crippen molar-refractivity contribution in [2.75, 3.05) is 13.7 Å². The summed E-state index contributed by atoms with van der Waals surface area (Å²) in [4.78, 5) is 4.59. The summed E-state index contributed by atoms with van der Waals surface area (Å²) in [5.74, 6) is 0.789. The molecule has 0 bridgehead atoms. The number of nitrogens with one attached hydrogen (secondary N) is 1. The normalized spacial score (nSPS) is 10.8. The highest BCUT2D eigenvalue weighted by molar-refractivity contribution is 5.25. The molecule has 1 N–H and O–H groups in total. The molecule has 0 aliphatic rings. The van der Waals surface area contributed by atoms with Crippen LogP contribution in [0.2, 0.25) is 0 Å². The van der Waals surface area contributed by atoms with Gasteiger partial charge in [-0.25, -0.2) is 4.98 Å². The third-order valence-corrected chi connectivity index (χ3v) is 3.30. The molecule has 20 heavy (non-hydrogen) atoms. The highest BCUT2D eigenvalue weighted by Crippen LogP contribution is 2.15. The quantitative estimate of drug-likeness (QED) is 0.619. The minimum atomic E-state index is 0.783. The van der Waals surface area contributed by atoms with Crippen LogP contribution in [0.25, 0.3) is 0 Å². The van der Waals surface area contributed by atoms with Crippen LogP contribution in [0.5, 0.6) is 5.88 Å². The van der Waals surface area contributed by atoms with E-state index in [-0.39, 0.29) is 0 Å². The largest absolute Gasteiger partial charge is 0.478 e. The minimum absolute atomic E-state index is 0.783. The number of hydrogen-bond donors (Lipinski definition) is 1. The number of rotatable bonds is 11. The van der Waals surface area contributed by atoms with Gasteiger partial charge in [-0.3, -0.25) is 0 Å². The number of aromatic nitrogens is 1. The average molecular weight is 278 g/mol. The number of aryl methyl sites for hydroxylation is 1. The number of unbranched alkanes of at least 4 members (excludes halogenated alkanes) is 4. The Morgan fingerprint density at radius 2 is 1.85 bits per heavy atom. The second-order valence-corrected chi connectivity index (χ2v) is 5.35. The fraction of sp³-hybridized carbons (Fsp3) is 0.706. The van der Waals surface area contributed by atoms with Gasteiger partial charge in [-0.05, 0) is 31.5 Å². The van der Waals surface area contributed by atoms with E-state index in [4.69, 9.17) is 4.74 Å². The van der Waals surface area contributed by atoms with E-state index in [0.29, 0.717) is 0 Å². The maximum Gasteiger partial charge on any atom is 0.213 e. The van der Waals surface area contributed by atoms with Gasteiger partial charge in [0.15, 0.2) is 0 Å². The molecule has 3 nitrogen and oxygen atoms in total. The zero-order chi connectivity index (χ0) is 14.6. The van der Waals surface area contributed by atoms with E-state index in [9.17, 15) is 0 Å². The Hall–Kier alpha value is -1.09. The highest BCUT2D eigenvalue weighted by Gasteiger charge is 2.03. The van der Waals surface area contributed by atoms with E-state index >= 15 is 0 Å². The lowest BCUT2D eigenvalue weighted by Gasteiger charge is -2.10. The fourth-order valence-electron chi connectivity index (χ4n) is 2.27. The molecule has 0 saturated heterocycles. The van der Waals surface area contributed by atoms with Crippen LogP contribution in [-0.4, -0.2) is 18.6 Å². The first-order valence-electron chi connectivity index (χ1n) is 8.07. The molecule has 0 saturated carbocycles. The van der Waals surface area contributed by atoms with Crippen molar-refractivity contribution < 1.29 is 4.74 Å². The van der Waals surface area contributed by atoms with Crippen molar-refractivity contribution >= 4 is 0 Å². The first-order chi connectivity index (χ1) is 9.80. The molecular formula is C17H30N2O. The van der Waals surface area contributed by atoms with Gasteiger partial charge < -0.3 is 10.1 Å². The van der Waals surface area contributed by atoms with E-state index in [1.54, 1.807) is 0 Å². The van der Waals surface area contributed by atoms with Crippen LogP contribution in [0, 0.1) is 0 Å². The first kappa shape index (κ1) is 17.0. The average Bonchev–Trinajstić information content (AvgIpc) is 2.43. The summed E-state index contributed by atoms with van der Waals surface area (Å²) in [5.41, 5.74) is 2.40. The van der Waals surface area contributed by atoms with Crippen LogP contribution in [-0.2, 0) is 13.0 Å². The van der Waals surface area contributed by atoms with Gasteiger partial charge in [0.25, 0.3) is 0 Å². The predicted molar refractivity (Wildman–Crippen MR) is 85.2 cm³/mol. The lowest BCUT2D eigenvalue weighted by Crippen LogP contribution is -2.08. The SMILES string of the molecule is CCCCCCCOc1cc(CNC)cc(CCC)n1. The van der Waals surface area contributed by atoms with E-state index in [0.717, 1.165) is 44.0 Å². The lowest BCUT2D eigenvalue weighted by atomic mass is 10.1. The molecule has 1 rings (SSSR count). The molecule has 114 valence electrons. The van der Waals surface area contributed by atoms with Gasteiger partial charge in [0.05, 0.1) is 6.61 Å². The summed E-state index contributed by atoms with van der Waals surface area (Å²) >= 11 is 0. The molecule has 1 heterocycles. The van der Waals surface area contributed by atoms with Gasteiger partial charge in [0.2, 0.25) is 5.88 Å². The molecule has 3 heteroatoms. The van der Waals surface area contributed by atoms with Gasteiger partial charge in [-0.1, -0.05) is 46.0 Å². The molecule has 0 spiro atoms. The van der Waals surface area contributed by atoms with Crippen molar-refractivity contribution in [3.05, 3.63) is 23.4 Å². The molecule has 0 fully saturated rings. The Morgan fingerprint density at radius 3 is 2.55 bits per heavy atom. The topological polar surface area (TPSA) is 34.1 Å². The summed E-state index contributed by atoms with van der Waals surface area (Å²) < 4.78 is 5.82. The molecule has 0 atom stereocenters. The molecule has 0 aromatic carbocycles. The number of ether oxygens (including phenoxy) is 1. The van der Waals surface area contributed by atoms with Gasteiger partial charge in [0.1, 0.15) is 0 Å². The zero-order valence-electron chi connectivity index (χ0n) is 13.4. The molecule has 0 unspecified atom stereocenters. The van der Waals surface area contributed by atoms with Crippen LogP contribution in [0.4, 0.5) is 0 Å².